The molecule has 2 aromatic carbocycles. The highest BCUT2D eigenvalue weighted by molar-refractivity contribution is 5.92. The van der Waals surface area contributed by atoms with E-state index < -0.39 is 5.91 Å². The van der Waals surface area contributed by atoms with Gasteiger partial charge in [-0.15, -0.1) is 0 Å². The first-order valence-corrected chi connectivity index (χ1v) is 11.2. The molecule has 4 rings (SSSR count). The van der Waals surface area contributed by atoms with Gasteiger partial charge in [-0.05, 0) is 53.5 Å². The SMILES string of the molecule is NC(=O)CCN(Cc1ccccc1)C(=O)/C=C/c1cccc2c1CCN(CC1CC1)C2. The quantitative estimate of drug-likeness (QED) is 0.636. The van der Waals surface area contributed by atoms with Gasteiger partial charge in [0.25, 0.3) is 0 Å². The number of hydrogen-bond donors (Lipinski definition) is 1. The predicted octanol–water partition coefficient (Wildman–Crippen LogP) is 3.37. The molecule has 0 atom stereocenters. The van der Waals surface area contributed by atoms with Gasteiger partial charge in [-0.2, -0.15) is 0 Å². The third-order valence-corrected chi connectivity index (χ3v) is 6.16. The smallest absolute Gasteiger partial charge is 0.246 e. The van der Waals surface area contributed by atoms with Crippen molar-refractivity contribution in [3.63, 3.8) is 0 Å². The van der Waals surface area contributed by atoms with Gasteiger partial charge >= 0.3 is 0 Å². The lowest BCUT2D eigenvalue weighted by Gasteiger charge is -2.29. The molecule has 0 bridgehead atoms. The van der Waals surface area contributed by atoms with Crippen LogP contribution in [0.15, 0.2) is 54.6 Å². The minimum absolute atomic E-state index is 0.103. The molecule has 2 N–H and O–H groups in total. The van der Waals surface area contributed by atoms with E-state index in [0.29, 0.717) is 13.1 Å². The van der Waals surface area contributed by atoms with Gasteiger partial charge in [0.05, 0.1) is 0 Å². The summed E-state index contributed by atoms with van der Waals surface area (Å²) in [6.45, 7) is 4.07. The van der Waals surface area contributed by atoms with Crippen molar-refractivity contribution in [3.8, 4) is 0 Å². The Bertz CT molecular complexity index is 950. The fraction of sp³-hybridized carbons (Fsp3) is 0.385. The molecule has 0 spiro atoms. The Kier molecular flexibility index (Phi) is 6.82. The van der Waals surface area contributed by atoms with E-state index in [1.165, 1.54) is 30.5 Å². The first-order valence-electron chi connectivity index (χ1n) is 11.2. The van der Waals surface area contributed by atoms with Gasteiger partial charge in [0.2, 0.25) is 11.8 Å². The number of primary amides is 1. The number of rotatable bonds is 9. The van der Waals surface area contributed by atoms with Crippen molar-refractivity contribution in [1.82, 2.24) is 9.80 Å². The van der Waals surface area contributed by atoms with E-state index in [4.69, 9.17) is 5.73 Å². The maximum absolute atomic E-state index is 13.0. The molecule has 1 aliphatic carbocycles. The van der Waals surface area contributed by atoms with Crippen LogP contribution in [0.2, 0.25) is 0 Å². The molecule has 2 aliphatic rings. The number of hydrogen-bond acceptors (Lipinski definition) is 3. The Morgan fingerprint density at radius 2 is 1.90 bits per heavy atom. The van der Waals surface area contributed by atoms with Crippen LogP contribution in [0.25, 0.3) is 6.08 Å². The lowest BCUT2D eigenvalue weighted by atomic mass is 9.94. The zero-order valence-corrected chi connectivity index (χ0v) is 18.0. The van der Waals surface area contributed by atoms with Crippen molar-refractivity contribution in [2.24, 2.45) is 11.7 Å². The Balaban J connectivity index is 1.45. The van der Waals surface area contributed by atoms with Gasteiger partial charge in [0.15, 0.2) is 0 Å². The minimum atomic E-state index is -0.400. The van der Waals surface area contributed by atoms with E-state index in [1.807, 2.05) is 36.4 Å². The molecular formula is C26H31N3O2. The molecule has 0 saturated heterocycles. The molecule has 5 nitrogen and oxygen atoms in total. The van der Waals surface area contributed by atoms with Crippen molar-refractivity contribution in [3.05, 3.63) is 76.9 Å². The standard InChI is InChI=1S/C26H31N3O2/c27-25(30)14-16-29(18-20-5-2-1-3-6-20)26(31)12-11-22-7-4-8-23-19-28(15-13-24(22)23)17-21-9-10-21/h1-8,11-12,21H,9-10,13-19H2,(H2,27,30)/b12-11+. The second-order valence-corrected chi connectivity index (χ2v) is 8.71. The number of carbonyl (C=O) groups excluding carboxylic acids is 2. The summed E-state index contributed by atoms with van der Waals surface area (Å²) in [5.41, 5.74) is 10.2. The maximum atomic E-state index is 13.0. The van der Waals surface area contributed by atoms with Gasteiger partial charge in [-0.1, -0.05) is 48.5 Å². The van der Waals surface area contributed by atoms with Crippen molar-refractivity contribution >= 4 is 17.9 Å². The van der Waals surface area contributed by atoms with E-state index in [9.17, 15) is 9.59 Å². The average Bonchev–Trinajstić information content (AvgIpc) is 3.59. The Hall–Kier alpha value is -2.92. The van der Waals surface area contributed by atoms with E-state index in [1.54, 1.807) is 11.0 Å². The molecular weight excluding hydrogens is 386 g/mol. The minimum Gasteiger partial charge on any atom is -0.370 e. The predicted molar refractivity (Wildman–Crippen MR) is 123 cm³/mol. The highest BCUT2D eigenvalue weighted by Gasteiger charge is 2.26. The highest BCUT2D eigenvalue weighted by atomic mass is 16.2. The van der Waals surface area contributed by atoms with E-state index in [0.717, 1.165) is 36.6 Å². The van der Waals surface area contributed by atoms with E-state index in [-0.39, 0.29) is 12.3 Å². The van der Waals surface area contributed by atoms with Crippen LogP contribution in [-0.4, -0.2) is 41.2 Å². The third-order valence-electron chi connectivity index (χ3n) is 6.16. The maximum Gasteiger partial charge on any atom is 0.246 e. The van der Waals surface area contributed by atoms with Crippen molar-refractivity contribution in [1.29, 1.82) is 0 Å². The summed E-state index contributed by atoms with van der Waals surface area (Å²) in [7, 11) is 0. The van der Waals surface area contributed by atoms with Crippen molar-refractivity contribution in [2.45, 2.75) is 38.8 Å². The first-order chi connectivity index (χ1) is 15.1. The summed E-state index contributed by atoms with van der Waals surface area (Å²) in [6.07, 6.45) is 7.50. The topological polar surface area (TPSA) is 66.6 Å². The summed E-state index contributed by atoms with van der Waals surface area (Å²) in [4.78, 5) is 28.5. The van der Waals surface area contributed by atoms with Crippen LogP contribution in [0.4, 0.5) is 0 Å². The normalized spacial score (nSPS) is 16.3. The lowest BCUT2D eigenvalue weighted by Crippen LogP contribution is -2.33. The van der Waals surface area contributed by atoms with Crippen LogP contribution in [0.5, 0.6) is 0 Å². The van der Waals surface area contributed by atoms with Gasteiger partial charge in [-0.25, -0.2) is 0 Å². The van der Waals surface area contributed by atoms with Crippen LogP contribution < -0.4 is 5.73 Å². The number of nitrogens with zero attached hydrogens (tertiary/aromatic N) is 2. The molecule has 1 fully saturated rings. The molecule has 31 heavy (non-hydrogen) atoms. The second-order valence-electron chi connectivity index (χ2n) is 8.71. The summed E-state index contributed by atoms with van der Waals surface area (Å²) in [5, 5.41) is 0. The summed E-state index contributed by atoms with van der Waals surface area (Å²) in [5.74, 6) is 0.398. The molecule has 162 valence electrons. The Labute approximate surface area is 184 Å². The molecule has 0 aromatic heterocycles. The van der Waals surface area contributed by atoms with Crippen LogP contribution >= 0.6 is 0 Å². The van der Waals surface area contributed by atoms with Crippen LogP contribution in [-0.2, 0) is 29.1 Å². The first kappa shape index (κ1) is 21.3. The fourth-order valence-corrected chi connectivity index (χ4v) is 4.26. The second kappa shape index (κ2) is 9.92. The third kappa shape index (κ3) is 6.05. The zero-order chi connectivity index (χ0) is 21.6. The molecule has 1 saturated carbocycles. The van der Waals surface area contributed by atoms with E-state index in [2.05, 4.69) is 23.1 Å². The summed E-state index contributed by atoms with van der Waals surface area (Å²) < 4.78 is 0. The number of nitrogens with two attached hydrogens (primary N) is 1. The van der Waals surface area contributed by atoms with Crippen molar-refractivity contribution in [2.75, 3.05) is 19.6 Å². The molecule has 0 unspecified atom stereocenters. The number of benzene rings is 2. The molecule has 2 aromatic rings. The molecule has 1 aliphatic heterocycles. The van der Waals surface area contributed by atoms with Crippen LogP contribution in [0.3, 0.4) is 0 Å². The number of amides is 2. The van der Waals surface area contributed by atoms with Gasteiger partial charge in [0, 0.05) is 45.2 Å². The number of carbonyl (C=O) groups is 2. The molecule has 1 heterocycles. The monoisotopic (exact) mass is 417 g/mol. The Morgan fingerprint density at radius 3 is 2.65 bits per heavy atom. The van der Waals surface area contributed by atoms with Crippen LogP contribution in [0.1, 0.15) is 41.5 Å². The Morgan fingerprint density at radius 1 is 1.10 bits per heavy atom. The van der Waals surface area contributed by atoms with E-state index >= 15 is 0 Å². The van der Waals surface area contributed by atoms with Gasteiger partial charge < -0.3 is 10.6 Å². The zero-order valence-electron chi connectivity index (χ0n) is 18.0. The molecule has 2 amide bonds. The average molecular weight is 418 g/mol. The van der Waals surface area contributed by atoms with Crippen LogP contribution in [0, 0.1) is 5.92 Å². The highest BCUT2D eigenvalue weighted by Crippen LogP contribution is 2.32. The fourth-order valence-electron chi connectivity index (χ4n) is 4.26. The molecule has 0 radical (unpaired) electrons. The summed E-state index contributed by atoms with van der Waals surface area (Å²) >= 11 is 0. The van der Waals surface area contributed by atoms with Gasteiger partial charge in [0.1, 0.15) is 0 Å². The summed E-state index contributed by atoms with van der Waals surface area (Å²) in [6, 6.07) is 16.2. The largest absolute Gasteiger partial charge is 0.370 e. The number of fused-ring (bicyclic) bond motifs is 1. The molecule has 5 heteroatoms. The van der Waals surface area contributed by atoms with Gasteiger partial charge in [-0.3, -0.25) is 14.5 Å². The van der Waals surface area contributed by atoms with Crippen molar-refractivity contribution < 1.29 is 9.59 Å². The lowest BCUT2D eigenvalue weighted by molar-refractivity contribution is -0.127.